The quantitative estimate of drug-likeness (QED) is 0.212. The van der Waals surface area contributed by atoms with Gasteiger partial charge in [0.1, 0.15) is 11.8 Å². The topological polar surface area (TPSA) is 108 Å². The second kappa shape index (κ2) is 8.42. The smallest absolute Gasteiger partial charge is 0.328 e. The lowest BCUT2D eigenvalue weighted by molar-refractivity contribution is -0.144. The van der Waals surface area contributed by atoms with Crippen LogP contribution in [0.1, 0.15) is 15.9 Å². The maximum Gasteiger partial charge on any atom is 0.328 e. The molecule has 3 N–H and O–H groups in total. The van der Waals surface area contributed by atoms with Gasteiger partial charge in [0, 0.05) is 23.5 Å². The number of aromatic nitrogens is 1. The Morgan fingerprint density at radius 1 is 1.21 bits per heavy atom. The molecule has 0 fully saturated rings. The monoisotopic (exact) mass is 492 g/mol. The zero-order valence-electron chi connectivity index (χ0n) is 14.9. The average Bonchev–Trinajstić information content (AvgIpc) is 3.13. The summed E-state index contributed by atoms with van der Waals surface area (Å²) < 4.78 is 5.37. The summed E-state index contributed by atoms with van der Waals surface area (Å²) in [6, 6.07) is 10.9. The van der Waals surface area contributed by atoms with Crippen LogP contribution in [0.15, 0.2) is 48.7 Å². The Hall–Kier alpha value is -2.88. The SMILES string of the molecule is COC(=O)[C@H](Cc1ccc(O)c(I)c1)NC(=O)C(=O)c1c[nH]c2ccccc12. The van der Waals surface area contributed by atoms with Crippen molar-refractivity contribution in [1.29, 1.82) is 0 Å². The number of methoxy groups -OCH3 is 1. The van der Waals surface area contributed by atoms with E-state index in [9.17, 15) is 19.5 Å². The molecule has 3 aromatic rings. The minimum atomic E-state index is -1.04. The Balaban J connectivity index is 1.80. The van der Waals surface area contributed by atoms with Gasteiger partial charge in [-0.1, -0.05) is 24.3 Å². The first kappa shape index (κ1) is 19.9. The summed E-state index contributed by atoms with van der Waals surface area (Å²) in [5.74, 6) is -2.18. The molecule has 2 aromatic carbocycles. The number of aromatic amines is 1. The molecule has 0 aliphatic carbocycles. The number of hydrogen-bond donors (Lipinski definition) is 3. The lowest BCUT2D eigenvalue weighted by Gasteiger charge is -2.16. The number of phenols is 1. The van der Waals surface area contributed by atoms with E-state index in [0.29, 0.717) is 14.5 Å². The van der Waals surface area contributed by atoms with E-state index in [2.05, 4.69) is 10.3 Å². The Morgan fingerprint density at radius 3 is 2.68 bits per heavy atom. The highest BCUT2D eigenvalue weighted by molar-refractivity contribution is 14.1. The maximum atomic E-state index is 12.6. The maximum absolute atomic E-state index is 12.6. The van der Waals surface area contributed by atoms with Crippen molar-refractivity contribution in [2.45, 2.75) is 12.5 Å². The first-order valence-electron chi connectivity index (χ1n) is 8.37. The second-order valence-electron chi connectivity index (χ2n) is 6.12. The fourth-order valence-electron chi connectivity index (χ4n) is 2.85. The van der Waals surface area contributed by atoms with E-state index in [0.717, 1.165) is 5.52 Å². The number of H-pyrrole nitrogens is 1. The van der Waals surface area contributed by atoms with Gasteiger partial charge in [-0.2, -0.15) is 0 Å². The molecule has 1 atom stereocenters. The van der Waals surface area contributed by atoms with Crippen molar-refractivity contribution in [3.63, 3.8) is 0 Å². The fourth-order valence-corrected chi connectivity index (χ4v) is 3.43. The predicted molar refractivity (Wildman–Crippen MR) is 111 cm³/mol. The van der Waals surface area contributed by atoms with Gasteiger partial charge < -0.3 is 20.1 Å². The Kier molecular flexibility index (Phi) is 5.98. The summed E-state index contributed by atoms with van der Waals surface area (Å²) in [6.07, 6.45) is 1.60. The van der Waals surface area contributed by atoms with Crippen LogP contribution < -0.4 is 5.32 Å². The van der Waals surface area contributed by atoms with Crippen LogP contribution >= 0.6 is 22.6 Å². The number of amides is 1. The molecule has 0 saturated carbocycles. The highest BCUT2D eigenvalue weighted by atomic mass is 127. The minimum absolute atomic E-state index is 0.121. The first-order valence-corrected chi connectivity index (χ1v) is 9.45. The molecule has 8 heteroatoms. The molecule has 3 rings (SSSR count). The van der Waals surface area contributed by atoms with E-state index in [1.165, 1.54) is 19.4 Å². The number of carbonyl (C=O) groups is 3. The van der Waals surface area contributed by atoms with Gasteiger partial charge in [0.2, 0.25) is 0 Å². The summed E-state index contributed by atoms with van der Waals surface area (Å²) in [7, 11) is 1.21. The van der Waals surface area contributed by atoms with E-state index in [1.54, 1.807) is 30.3 Å². The predicted octanol–water partition coefficient (Wildman–Crippen LogP) is 2.56. The molecule has 0 spiro atoms. The van der Waals surface area contributed by atoms with Crippen LogP contribution in [0.5, 0.6) is 5.75 Å². The van der Waals surface area contributed by atoms with Crippen molar-refractivity contribution in [1.82, 2.24) is 10.3 Å². The number of fused-ring (bicyclic) bond motifs is 1. The van der Waals surface area contributed by atoms with E-state index in [-0.39, 0.29) is 17.7 Å². The third-order valence-electron chi connectivity index (χ3n) is 4.28. The lowest BCUT2D eigenvalue weighted by atomic mass is 10.0. The number of phenolic OH excluding ortho intramolecular Hbond substituents is 1. The molecular formula is C20H17IN2O5. The number of esters is 1. The highest BCUT2D eigenvalue weighted by Gasteiger charge is 2.27. The number of Topliss-reactive ketones (excluding diaryl/α,β-unsaturated/α-hetero) is 1. The lowest BCUT2D eigenvalue weighted by Crippen LogP contribution is -2.45. The van der Waals surface area contributed by atoms with Gasteiger partial charge in [-0.15, -0.1) is 0 Å². The third kappa shape index (κ3) is 4.16. The molecule has 0 aliphatic heterocycles. The fraction of sp³-hybridized carbons (Fsp3) is 0.150. The van der Waals surface area contributed by atoms with E-state index < -0.39 is 23.7 Å². The average molecular weight is 492 g/mol. The Bertz CT molecular complexity index is 1060. The van der Waals surface area contributed by atoms with Crippen molar-refractivity contribution in [2.75, 3.05) is 7.11 Å². The zero-order chi connectivity index (χ0) is 20.3. The standard InChI is InChI=1S/C20H17IN2O5/c1-28-20(27)16(9-11-6-7-17(24)14(21)8-11)23-19(26)18(25)13-10-22-15-5-3-2-4-12(13)15/h2-8,10,16,22,24H,9H2,1H3,(H,23,26)/t16-/m0/s1. The van der Waals surface area contributed by atoms with Gasteiger partial charge in [-0.25, -0.2) is 4.79 Å². The van der Waals surface area contributed by atoms with Crippen molar-refractivity contribution >= 4 is 51.2 Å². The van der Waals surface area contributed by atoms with Crippen molar-refractivity contribution in [3.05, 3.63) is 63.4 Å². The van der Waals surface area contributed by atoms with Gasteiger partial charge in [0.25, 0.3) is 11.7 Å². The Morgan fingerprint density at radius 2 is 1.96 bits per heavy atom. The highest BCUT2D eigenvalue weighted by Crippen LogP contribution is 2.21. The summed E-state index contributed by atoms with van der Waals surface area (Å²) in [4.78, 5) is 40.2. The number of rotatable bonds is 6. The number of hydrogen-bond acceptors (Lipinski definition) is 5. The minimum Gasteiger partial charge on any atom is -0.507 e. The van der Waals surface area contributed by atoms with E-state index >= 15 is 0 Å². The summed E-state index contributed by atoms with van der Waals surface area (Å²) in [5, 5.41) is 12.7. The van der Waals surface area contributed by atoms with Gasteiger partial charge >= 0.3 is 5.97 Å². The van der Waals surface area contributed by atoms with Crippen LogP contribution in [0.2, 0.25) is 0 Å². The number of ketones is 1. The zero-order valence-corrected chi connectivity index (χ0v) is 17.0. The van der Waals surface area contributed by atoms with Crippen LogP contribution in [-0.2, 0) is 20.7 Å². The summed E-state index contributed by atoms with van der Waals surface area (Å²) in [5.41, 5.74) is 1.68. The van der Waals surface area contributed by atoms with Crippen LogP contribution in [0.25, 0.3) is 10.9 Å². The van der Waals surface area contributed by atoms with Gasteiger partial charge in [0.15, 0.2) is 0 Å². The summed E-state index contributed by atoms with van der Waals surface area (Å²) >= 11 is 1.96. The largest absolute Gasteiger partial charge is 0.507 e. The molecule has 0 bridgehead atoms. The Labute approximate surface area is 174 Å². The van der Waals surface area contributed by atoms with Gasteiger partial charge in [-0.3, -0.25) is 9.59 Å². The normalized spacial score (nSPS) is 11.8. The number of carbonyl (C=O) groups excluding carboxylic acids is 3. The van der Waals surface area contributed by atoms with Gasteiger partial charge in [0.05, 0.1) is 16.2 Å². The molecule has 1 heterocycles. The molecule has 28 heavy (non-hydrogen) atoms. The molecule has 1 amide bonds. The van der Waals surface area contributed by atoms with Crippen LogP contribution in [-0.4, -0.2) is 40.9 Å². The number of aromatic hydroxyl groups is 1. The van der Waals surface area contributed by atoms with Crippen LogP contribution in [0, 0.1) is 3.57 Å². The van der Waals surface area contributed by atoms with Gasteiger partial charge in [-0.05, 0) is 46.4 Å². The molecule has 1 aromatic heterocycles. The first-order chi connectivity index (χ1) is 13.4. The summed E-state index contributed by atoms with van der Waals surface area (Å²) in [6.45, 7) is 0. The molecule has 0 radical (unpaired) electrons. The van der Waals surface area contributed by atoms with Crippen LogP contribution in [0.4, 0.5) is 0 Å². The van der Waals surface area contributed by atoms with Crippen LogP contribution in [0.3, 0.4) is 0 Å². The number of halogens is 1. The van der Waals surface area contributed by atoms with E-state index in [4.69, 9.17) is 4.74 Å². The molecule has 144 valence electrons. The molecule has 0 unspecified atom stereocenters. The molecule has 0 saturated heterocycles. The third-order valence-corrected chi connectivity index (χ3v) is 5.15. The number of benzene rings is 2. The number of para-hydroxylation sites is 1. The number of ether oxygens (including phenoxy) is 1. The molecular weight excluding hydrogens is 475 g/mol. The number of nitrogens with one attached hydrogen (secondary N) is 2. The second-order valence-corrected chi connectivity index (χ2v) is 7.28. The van der Waals surface area contributed by atoms with Crippen molar-refractivity contribution in [2.24, 2.45) is 0 Å². The van der Waals surface area contributed by atoms with Crippen molar-refractivity contribution < 1.29 is 24.2 Å². The molecule has 0 aliphatic rings. The molecule has 7 nitrogen and oxygen atoms in total. The van der Waals surface area contributed by atoms with Crippen molar-refractivity contribution in [3.8, 4) is 5.75 Å². The van der Waals surface area contributed by atoms with E-state index in [1.807, 2.05) is 28.7 Å².